The van der Waals surface area contributed by atoms with Crippen LogP contribution < -0.4 is 20.7 Å². The molecule has 4 amide bonds. The number of nitrogens with one attached hydrogen (secondary N) is 3. The minimum absolute atomic E-state index is 0.0398. The number of rotatable bonds is 7. The highest BCUT2D eigenvalue weighted by Crippen LogP contribution is 2.29. The van der Waals surface area contributed by atoms with Crippen LogP contribution in [-0.2, 0) is 9.59 Å². The zero-order valence-electron chi connectivity index (χ0n) is 18.0. The van der Waals surface area contributed by atoms with E-state index in [1.54, 1.807) is 25.2 Å². The van der Waals surface area contributed by atoms with Crippen LogP contribution in [0.15, 0.2) is 18.2 Å². The van der Waals surface area contributed by atoms with Crippen LogP contribution in [0.5, 0.6) is 5.75 Å². The number of methoxy groups -OCH3 is 1. The molecule has 0 bridgehead atoms. The summed E-state index contributed by atoms with van der Waals surface area (Å²) in [4.78, 5) is 38.1. The Labute approximate surface area is 182 Å². The van der Waals surface area contributed by atoms with Gasteiger partial charge >= 0.3 is 6.03 Å². The largest absolute Gasteiger partial charge is 0.495 e. The third-order valence-electron chi connectivity index (χ3n) is 5.54. The summed E-state index contributed by atoms with van der Waals surface area (Å²) in [6, 6.07) is 4.47. The second kappa shape index (κ2) is 11.2. The number of nitrogens with zero attached hydrogens (tertiary/aromatic N) is 1. The van der Waals surface area contributed by atoms with Crippen LogP contribution in [0.4, 0.5) is 10.5 Å². The number of anilines is 1. The number of imide groups is 1. The van der Waals surface area contributed by atoms with Crippen LogP contribution >= 0.6 is 11.6 Å². The lowest BCUT2D eigenvalue weighted by atomic mass is 9.78. The molecule has 1 saturated carbocycles. The predicted molar refractivity (Wildman–Crippen MR) is 117 cm³/mol. The van der Waals surface area contributed by atoms with Crippen molar-refractivity contribution < 1.29 is 19.1 Å². The smallest absolute Gasteiger partial charge is 0.321 e. The van der Waals surface area contributed by atoms with Crippen molar-refractivity contribution in [2.24, 2.45) is 11.8 Å². The Hall–Kier alpha value is -2.32. The average molecular weight is 439 g/mol. The number of amides is 4. The number of likely N-dealkylation sites (N-methyl/N-ethyl adjacent to an activating group) is 1. The van der Waals surface area contributed by atoms with E-state index in [4.69, 9.17) is 16.3 Å². The molecule has 8 nitrogen and oxygen atoms in total. The molecule has 2 rings (SSSR count). The van der Waals surface area contributed by atoms with E-state index in [0.29, 0.717) is 28.3 Å². The average Bonchev–Trinajstić information content (AvgIpc) is 2.65. The van der Waals surface area contributed by atoms with Crippen LogP contribution in [-0.4, -0.2) is 56.0 Å². The molecule has 0 spiro atoms. The molecule has 30 heavy (non-hydrogen) atoms. The first-order chi connectivity index (χ1) is 14.2. The van der Waals surface area contributed by atoms with Crippen molar-refractivity contribution >= 4 is 35.1 Å². The molecule has 3 atom stereocenters. The molecule has 0 heterocycles. The molecule has 3 N–H and O–H groups in total. The molecule has 0 aromatic heterocycles. The Morgan fingerprint density at radius 2 is 1.87 bits per heavy atom. The van der Waals surface area contributed by atoms with Gasteiger partial charge in [0.15, 0.2) is 0 Å². The first-order valence-electron chi connectivity index (χ1n) is 10.1. The van der Waals surface area contributed by atoms with Crippen molar-refractivity contribution in [2.45, 2.75) is 39.2 Å². The summed E-state index contributed by atoms with van der Waals surface area (Å²) in [5.74, 6) is 0.591. The first-order valence-corrected chi connectivity index (χ1v) is 10.5. The Kier molecular flexibility index (Phi) is 8.92. The molecular weight excluding hydrogens is 408 g/mol. The topological polar surface area (TPSA) is 99.8 Å². The van der Waals surface area contributed by atoms with Gasteiger partial charge in [-0.2, -0.15) is 0 Å². The van der Waals surface area contributed by atoms with Crippen LogP contribution in [0.2, 0.25) is 5.02 Å². The van der Waals surface area contributed by atoms with E-state index in [2.05, 4.69) is 29.8 Å². The minimum atomic E-state index is -0.493. The van der Waals surface area contributed by atoms with Crippen molar-refractivity contribution in [1.29, 1.82) is 0 Å². The molecule has 0 unspecified atom stereocenters. The SMILES string of the molecule is COc1ccc(Cl)cc1NC(=O)CN(C)CC(=O)NC(=O)N[C@@H]1CCC[C@H](C)[C@@H]1C. The quantitative estimate of drug-likeness (QED) is 0.607. The summed E-state index contributed by atoms with van der Waals surface area (Å²) in [7, 11) is 3.12. The molecule has 9 heteroatoms. The predicted octanol–water partition coefficient (Wildman–Crippen LogP) is 2.87. The van der Waals surface area contributed by atoms with E-state index >= 15 is 0 Å². The molecule has 1 aromatic carbocycles. The second-order valence-corrected chi connectivity index (χ2v) is 8.40. The molecule has 0 radical (unpaired) electrons. The van der Waals surface area contributed by atoms with E-state index in [1.807, 2.05) is 0 Å². The van der Waals surface area contributed by atoms with Crippen molar-refractivity contribution in [3.63, 3.8) is 0 Å². The van der Waals surface area contributed by atoms with Crippen molar-refractivity contribution in [1.82, 2.24) is 15.5 Å². The molecular formula is C21H31ClN4O4. The summed E-state index contributed by atoms with van der Waals surface area (Å²) >= 11 is 5.96. The summed E-state index contributed by atoms with van der Waals surface area (Å²) in [6.07, 6.45) is 3.15. The molecule has 1 aliphatic carbocycles. The van der Waals surface area contributed by atoms with Crippen LogP contribution in [0, 0.1) is 11.8 Å². The molecule has 1 fully saturated rings. The third kappa shape index (κ3) is 7.18. The maximum absolute atomic E-state index is 12.3. The van der Waals surface area contributed by atoms with E-state index in [1.165, 1.54) is 12.0 Å². The fourth-order valence-corrected chi connectivity index (χ4v) is 3.84. The number of ether oxygens (including phenoxy) is 1. The number of urea groups is 1. The number of hydrogen-bond acceptors (Lipinski definition) is 5. The van der Waals surface area contributed by atoms with Crippen molar-refractivity contribution in [3.8, 4) is 5.75 Å². The number of benzene rings is 1. The Morgan fingerprint density at radius 1 is 1.17 bits per heavy atom. The summed E-state index contributed by atoms with van der Waals surface area (Å²) in [5, 5.41) is 8.42. The maximum atomic E-state index is 12.3. The molecule has 0 saturated heterocycles. The fraction of sp³-hybridized carbons (Fsp3) is 0.571. The van der Waals surface area contributed by atoms with Crippen molar-refractivity contribution in [2.75, 3.05) is 32.6 Å². The maximum Gasteiger partial charge on any atom is 0.321 e. The van der Waals surface area contributed by atoms with Gasteiger partial charge in [0.2, 0.25) is 11.8 Å². The van der Waals surface area contributed by atoms with Gasteiger partial charge in [-0.1, -0.05) is 38.3 Å². The Balaban J connectivity index is 1.78. The van der Waals surface area contributed by atoms with Crippen LogP contribution in [0.1, 0.15) is 33.1 Å². The van der Waals surface area contributed by atoms with Gasteiger partial charge in [0.05, 0.1) is 25.9 Å². The molecule has 0 aliphatic heterocycles. The van der Waals surface area contributed by atoms with Gasteiger partial charge < -0.3 is 15.4 Å². The van der Waals surface area contributed by atoms with Gasteiger partial charge in [0.25, 0.3) is 0 Å². The number of hydrogen-bond donors (Lipinski definition) is 3. The summed E-state index contributed by atoms with van der Waals surface area (Å²) in [6.45, 7) is 4.17. The summed E-state index contributed by atoms with van der Waals surface area (Å²) in [5.41, 5.74) is 0.447. The van der Waals surface area contributed by atoms with E-state index < -0.39 is 11.9 Å². The lowest BCUT2D eigenvalue weighted by molar-refractivity contribution is -0.122. The standard InChI is InChI=1S/C21H31ClN4O4/c1-13-6-5-7-16(14(13)2)24-21(29)25-20(28)12-26(3)11-19(27)23-17-10-15(22)8-9-18(17)30-4/h8-10,13-14,16H,5-7,11-12H2,1-4H3,(H,23,27)(H2,24,25,28,29)/t13-,14-,16+/m0/s1. The fourth-order valence-electron chi connectivity index (χ4n) is 3.67. The Bertz CT molecular complexity index is 773. The molecule has 1 aromatic rings. The first kappa shape index (κ1) is 24.0. The van der Waals surface area contributed by atoms with Gasteiger partial charge in [-0.25, -0.2) is 4.79 Å². The van der Waals surface area contributed by atoms with E-state index in [-0.39, 0.29) is 25.0 Å². The van der Waals surface area contributed by atoms with Gasteiger partial charge in [-0.3, -0.25) is 19.8 Å². The zero-order chi connectivity index (χ0) is 22.3. The lowest BCUT2D eigenvalue weighted by Crippen LogP contribution is -2.51. The lowest BCUT2D eigenvalue weighted by Gasteiger charge is -2.34. The second-order valence-electron chi connectivity index (χ2n) is 7.96. The van der Waals surface area contributed by atoms with Gasteiger partial charge in [-0.05, 0) is 43.5 Å². The monoisotopic (exact) mass is 438 g/mol. The molecule has 1 aliphatic rings. The third-order valence-corrected chi connectivity index (χ3v) is 5.77. The highest BCUT2D eigenvalue weighted by atomic mass is 35.5. The Morgan fingerprint density at radius 3 is 2.57 bits per heavy atom. The highest BCUT2D eigenvalue weighted by Gasteiger charge is 2.28. The number of carbonyl (C=O) groups excluding carboxylic acids is 3. The van der Waals surface area contributed by atoms with Crippen LogP contribution in [0.25, 0.3) is 0 Å². The van der Waals surface area contributed by atoms with E-state index in [9.17, 15) is 14.4 Å². The van der Waals surface area contributed by atoms with Crippen LogP contribution in [0.3, 0.4) is 0 Å². The minimum Gasteiger partial charge on any atom is -0.495 e. The van der Waals surface area contributed by atoms with Crippen molar-refractivity contribution in [3.05, 3.63) is 23.2 Å². The van der Waals surface area contributed by atoms with E-state index in [0.717, 1.165) is 19.3 Å². The van der Waals surface area contributed by atoms with Gasteiger partial charge in [-0.15, -0.1) is 0 Å². The number of halogens is 1. The van der Waals surface area contributed by atoms with Gasteiger partial charge in [0, 0.05) is 11.1 Å². The normalized spacial score (nSPS) is 21.1. The number of carbonyl (C=O) groups is 3. The highest BCUT2D eigenvalue weighted by molar-refractivity contribution is 6.31. The zero-order valence-corrected chi connectivity index (χ0v) is 18.7. The van der Waals surface area contributed by atoms with Gasteiger partial charge in [0.1, 0.15) is 5.75 Å². The molecule has 166 valence electrons. The summed E-state index contributed by atoms with van der Waals surface area (Å²) < 4.78 is 5.20.